The van der Waals surface area contributed by atoms with Crippen molar-refractivity contribution in [3.63, 3.8) is 0 Å². The van der Waals surface area contributed by atoms with Crippen molar-refractivity contribution < 1.29 is 50.9 Å². The van der Waals surface area contributed by atoms with E-state index < -0.39 is 59.2 Å². The lowest BCUT2D eigenvalue weighted by atomic mass is 9.71. The number of alkyl halides is 6. The van der Waals surface area contributed by atoms with Gasteiger partial charge in [-0.3, -0.25) is 9.69 Å². The summed E-state index contributed by atoms with van der Waals surface area (Å²) >= 11 is 0. The van der Waals surface area contributed by atoms with Crippen LogP contribution in [0.15, 0.2) is 36.4 Å². The number of aromatic nitrogens is 2. The van der Waals surface area contributed by atoms with E-state index in [9.17, 15) is 46.1 Å². The maximum absolute atomic E-state index is 13.6. The maximum atomic E-state index is 13.6. The van der Waals surface area contributed by atoms with E-state index in [4.69, 9.17) is 9.72 Å². The van der Waals surface area contributed by atoms with Gasteiger partial charge in [0.15, 0.2) is 0 Å². The van der Waals surface area contributed by atoms with Gasteiger partial charge in [0.2, 0.25) is 5.95 Å². The second-order valence-corrected chi connectivity index (χ2v) is 12.3. The molecular formula is C32H30F6N4O5. The molecule has 1 aromatic heterocycles. The van der Waals surface area contributed by atoms with Crippen LogP contribution in [0.3, 0.4) is 0 Å². The Kier molecular flexibility index (Phi) is 7.99. The van der Waals surface area contributed by atoms with Gasteiger partial charge in [-0.05, 0) is 80.5 Å². The van der Waals surface area contributed by atoms with E-state index in [0.29, 0.717) is 60.8 Å². The zero-order valence-electron chi connectivity index (χ0n) is 25.2. The molecule has 250 valence electrons. The average Bonchev–Trinajstić information content (AvgIpc) is 3.19. The van der Waals surface area contributed by atoms with E-state index in [0.717, 1.165) is 12.0 Å². The van der Waals surface area contributed by atoms with Crippen molar-refractivity contribution in [3.05, 3.63) is 70.0 Å². The van der Waals surface area contributed by atoms with E-state index in [1.54, 1.807) is 19.1 Å². The first-order valence-corrected chi connectivity index (χ1v) is 15.0. The van der Waals surface area contributed by atoms with Crippen LogP contribution in [0.4, 0.5) is 37.1 Å². The predicted molar refractivity (Wildman–Crippen MR) is 154 cm³/mol. The average molecular weight is 665 g/mol. The second kappa shape index (κ2) is 11.6. The second-order valence-electron chi connectivity index (χ2n) is 12.3. The number of rotatable bonds is 7. The van der Waals surface area contributed by atoms with E-state index in [-0.39, 0.29) is 30.0 Å². The van der Waals surface area contributed by atoms with Crippen LogP contribution in [0.5, 0.6) is 5.75 Å². The number of amides is 1. The van der Waals surface area contributed by atoms with Crippen molar-refractivity contribution in [1.82, 2.24) is 14.9 Å². The highest BCUT2D eigenvalue weighted by Gasteiger charge is 2.44. The first-order chi connectivity index (χ1) is 22.0. The van der Waals surface area contributed by atoms with Gasteiger partial charge < -0.3 is 19.8 Å². The Morgan fingerprint density at radius 1 is 0.979 bits per heavy atom. The van der Waals surface area contributed by atoms with Crippen molar-refractivity contribution in [3.8, 4) is 16.9 Å². The monoisotopic (exact) mass is 664 g/mol. The Hall–Kier alpha value is -4.56. The molecule has 47 heavy (non-hydrogen) atoms. The number of aliphatic carboxylic acids is 1. The SMILES string of the molecule is Cc1nc(N2CCC2)nc(CN2C(=O)O[C@H](c3cc(C(F)(F)F)cc(C(F)(F)F)c3)[C@@H]2C)c1-c1cc([C@H]2C[C@H](C(=O)O)C2)ccc1O. The molecule has 3 heterocycles. The first kappa shape index (κ1) is 32.4. The summed E-state index contributed by atoms with van der Waals surface area (Å²) in [6.07, 6.45) is -10.8. The minimum Gasteiger partial charge on any atom is -0.507 e. The lowest BCUT2D eigenvalue weighted by Crippen LogP contribution is -2.39. The largest absolute Gasteiger partial charge is 0.507 e. The van der Waals surface area contributed by atoms with Crippen LogP contribution in [-0.2, 0) is 28.4 Å². The van der Waals surface area contributed by atoms with Crippen LogP contribution in [0, 0.1) is 12.8 Å². The van der Waals surface area contributed by atoms with Gasteiger partial charge in [-0.15, -0.1) is 0 Å². The Morgan fingerprint density at radius 2 is 1.62 bits per heavy atom. The van der Waals surface area contributed by atoms with Gasteiger partial charge in [0, 0.05) is 24.2 Å². The zero-order valence-corrected chi connectivity index (χ0v) is 25.2. The Morgan fingerprint density at radius 3 is 2.17 bits per heavy atom. The summed E-state index contributed by atoms with van der Waals surface area (Å²) in [5.74, 6) is -1.14. The van der Waals surface area contributed by atoms with Crippen LogP contribution in [-0.4, -0.2) is 56.3 Å². The summed E-state index contributed by atoms with van der Waals surface area (Å²) in [7, 11) is 0. The van der Waals surface area contributed by atoms with Crippen LogP contribution in [0.1, 0.15) is 71.8 Å². The number of hydrogen-bond acceptors (Lipinski definition) is 7. The number of aromatic hydroxyl groups is 1. The maximum Gasteiger partial charge on any atom is 0.416 e. The number of aryl methyl sites for hydroxylation is 1. The molecule has 2 saturated heterocycles. The highest BCUT2D eigenvalue weighted by atomic mass is 19.4. The van der Waals surface area contributed by atoms with Crippen molar-refractivity contribution in [2.75, 3.05) is 18.0 Å². The molecule has 6 rings (SSSR count). The summed E-state index contributed by atoms with van der Waals surface area (Å²) in [6.45, 7) is 4.28. The van der Waals surface area contributed by atoms with Crippen molar-refractivity contribution >= 4 is 18.0 Å². The molecule has 3 aliphatic rings. The van der Waals surface area contributed by atoms with E-state index >= 15 is 0 Å². The van der Waals surface area contributed by atoms with Gasteiger partial charge in [0.1, 0.15) is 11.9 Å². The molecule has 3 fully saturated rings. The fraction of sp³-hybridized carbons (Fsp3) is 0.438. The summed E-state index contributed by atoms with van der Waals surface area (Å²) in [5, 5.41) is 20.3. The molecule has 2 atom stereocenters. The number of carboxylic acid groups (broad SMARTS) is 1. The molecule has 9 nitrogen and oxygen atoms in total. The van der Waals surface area contributed by atoms with Crippen LogP contribution in [0.2, 0.25) is 0 Å². The van der Waals surface area contributed by atoms with Gasteiger partial charge in [-0.1, -0.05) is 6.07 Å². The summed E-state index contributed by atoms with van der Waals surface area (Å²) in [4.78, 5) is 37.0. The molecule has 2 aromatic carbocycles. The van der Waals surface area contributed by atoms with Gasteiger partial charge in [-0.2, -0.15) is 26.3 Å². The zero-order chi connectivity index (χ0) is 34.0. The van der Waals surface area contributed by atoms with Crippen LogP contribution >= 0.6 is 0 Å². The first-order valence-electron chi connectivity index (χ1n) is 15.0. The van der Waals surface area contributed by atoms with Gasteiger partial charge in [-0.25, -0.2) is 14.8 Å². The number of phenolic OH excluding ortho intramolecular Hbond substituents is 1. The lowest BCUT2D eigenvalue weighted by Gasteiger charge is -2.33. The van der Waals surface area contributed by atoms with Gasteiger partial charge >= 0.3 is 24.4 Å². The number of anilines is 1. The molecule has 1 saturated carbocycles. The number of benzene rings is 2. The smallest absolute Gasteiger partial charge is 0.416 e. The predicted octanol–water partition coefficient (Wildman–Crippen LogP) is 7.07. The third kappa shape index (κ3) is 6.14. The van der Waals surface area contributed by atoms with E-state index in [2.05, 4.69) is 4.98 Å². The minimum absolute atomic E-state index is 0.0159. The third-order valence-corrected chi connectivity index (χ3v) is 9.19. The Bertz CT molecular complexity index is 1700. The van der Waals surface area contributed by atoms with Crippen LogP contribution < -0.4 is 4.90 Å². The Balaban J connectivity index is 1.37. The summed E-state index contributed by atoms with van der Waals surface area (Å²) in [6, 6.07) is 5.03. The molecule has 1 aliphatic carbocycles. The molecule has 2 aliphatic heterocycles. The molecule has 0 radical (unpaired) electrons. The topological polar surface area (TPSA) is 116 Å². The number of hydrogen-bond donors (Lipinski definition) is 2. The molecule has 2 N–H and O–H groups in total. The number of nitrogens with zero attached hydrogens (tertiary/aromatic N) is 4. The number of carbonyl (C=O) groups excluding carboxylic acids is 1. The molecule has 0 unspecified atom stereocenters. The van der Waals surface area contributed by atoms with Crippen LogP contribution in [0.25, 0.3) is 11.1 Å². The fourth-order valence-electron chi connectivity index (χ4n) is 6.30. The number of phenols is 1. The molecule has 0 spiro atoms. The quantitative estimate of drug-likeness (QED) is 0.258. The molecule has 15 heteroatoms. The lowest BCUT2D eigenvalue weighted by molar-refractivity contribution is -0.145. The molecule has 0 bridgehead atoms. The standard InChI is InChI=1S/C32H30F6N4O5/c1-15-26(23-12-17(4-5-25(23)43)18-8-20(9-18)28(44)45)24(40-29(39-15)41-6-3-7-41)14-42-16(2)27(47-30(42)46)19-10-21(31(33,34)35)13-22(11-19)32(36,37)38/h4-5,10-13,16,18,20,27,43H,3,6-9,14H2,1-2H3,(H,44,45)/t16-,18-,20-,27-/m0/s1. The normalized spacial score (nSPS) is 22.9. The Labute approximate surface area is 264 Å². The van der Waals surface area contributed by atoms with Gasteiger partial charge in [0.25, 0.3) is 0 Å². The van der Waals surface area contributed by atoms with E-state index in [1.807, 2.05) is 4.90 Å². The number of halogens is 6. The number of cyclic esters (lactones) is 1. The minimum atomic E-state index is -5.08. The number of ether oxygens (including phenoxy) is 1. The fourth-order valence-corrected chi connectivity index (χ4v) is 6.30. The highest BCUT2D eigenvalue weighted by molar-refractivity contribution is 5.77. The highest BCUT2D eigenvalue weighted by Crippen LogP contribution is 2.46. The van der Waals surface area contributed by atoms with E-state index in [1.165, 1.54) is 17.9 Å². The summed E-state index contributed by atoms with van der Waals surface area (Å²) in [5.41, 5.74) is -1.22. The van der Waals surface area contributed by atoms with Crippen molar-refractivity contribution in [1.29, 1.82) is 0 Å². The molecular weight excluding hydrogens is 634 g/mol. The summed E-state index contributed by atoms with van der Waals surface area (Å²) < 4.78 is 86.9. The molecule has 1 amide bonds. The molecule has 3 aromatic rings. The van der Waals surface area contributed by atoms with Gasteiger partial charge in [0.05, 0.1) is 41.0 Å². The third-order valence-electron chi connectivity index (χ3n) is 9.19. The number of carbonyl (C=O) groups is 2. The number of carboxylic acids is 1. The van der Waals surface area contributed by atoms with Crippen molar-refractivity contribution in [2.45, 2.75) is 70.1 Å². The van der Waals surface area contributed by atoms with Crippen molar-refractivity contribution in [2.24, 2.45) is 5.92 Å².